The van der Waals surface area contributed by atoms with Crippen molar-refractivity contribution in [2.75, 3.05) is 39.3 Å². The van der Waals surface area contributed by atoms with Crippen molar-refractivity contribution in [1.82, 2.24) is 24.8 Å². The number of piperazine rings is 1. The molecule has 0 bridgehead atoms. The molecule has 0 atom stereocenters. The van der Waals surface area contributed by atoms with Gasteiger partial charge < -0.3 is 19.4 Å². The van der Waals surface area contributed by atoms with Gasteiger partial charge in [0.2, 0.25) is 0 Å². The minimum Gasteiger partial charge on any atom is -0.492 e. The summed E-state index contributed by atoms with van der Waals surface area (Å²) in [5.74, 6) is 2.37. The predicted octanol–water partition coefficient (Wildman–Crippen LogP) is 5.41. The van der Waals surface area contributed by atoms with E-state index in [0.717, 1.165) is 85.2 Å². The molecule has 38 heavy (non-hydrogen) atoms. The van der Waals surface area contributed by atoms with Gasteiger partial charge in [-0.2, -0.15) is 0 Å². The number of halogens is 1. The smallest absolute Gasteiger partial charge is 0.147 e. The summed E-state index contributed by atoms with van der Waals surface area (Å²) in [6.45, 7) is 8.47. The molecule has 1 aliphatic carbocycles. The Morgan fingerprint density at radius 1 is 1.05 bits per heavy atom. The Balaban J connectivity index is 1.31. The van der Waals surface area contributed by atoms with Crippen molar-refractivity contribution in [2.24, 2.45) is 0 Å². The average Bonchev–Trinajstić information content (AvgIpc) is 3.28. The number of benzene rings is 2. The second-order valence-corrected chi connectivity index (χ2v) is 10.9. The number of nitrogens with zero attached hydrogens (tertiary/aromatic N) is 4. The number of para-hydroxylation sites is 1. The molecule has 0 spiro atoms. The van der Waals surface area contributed by atoms with E-state index in [9.17, 15) is 0 Å². The molecule has 8 heteroatoms. The van der Waals surface area contributed by atoms with E-state index in [1.54, 1.807) is 0 Å². The molecule has 0 amide bonds. The van der Waals surface area contributed by atoms with Gasteiger partial charge in [0.1, 0.15) is 35.0 Å². The van der Waals surface area contributed by atoms with Gasteiger partial charge in [0.15, 0.2) is 0 Å². The fraction of sp³-hybridized carbons (Fsp3) is 0.400. The SMILES string of the molecule is CC1(Oc2cccc3c2nc(-c2ccc(OCCN4CCNCC4)cc2Cl)n3Cc2ccccn2)CCC1. The van der Waals surface area contributed by atoms with Gasteiger partial charge >= 0.3 is 0 Å². The maximum absolute atomic E-state index is 6.87. The minimum absolute atomic E-state index is 0.124. The van der Waals surface area contributed by atoms with Gasteiger partial charge in [-0.1, -0.05) is 23.7 Å². The van der Waals surface area contributed by atoms with Gasteiger partial charge in [-0.3, -0.25) is 9.88 Å². The summed E-state index contributed by atoms with van der Waals surface area (Å²) >= 11 is 6.87. The van der Waals surface area contributed by atoms with Crippen LogP contribution in [0.15, 0.2) is 60.8 Å². The number of ether oxygens (including phenoxy) is 2. The average molecular weight is 532 g/mol. The standard InChI is InChI=1S/C30H34ClN5O2/c1-30(11-5-12-30)38-27-8-4-7-26-28(27)34-29(36(26)21-22-6-2-3-13-33-22)24-10-9-23(20-25(24)31)37-19-18-35-16-14-32-15-17-35/h2-4,6-10,13,20,32H,5,11-12,14-19,21H2,1H3. The predicted molar refractivity (Wildman–Crippen MR) is 151 cm³/mol. The van der Waals surface area contributed by atoms with Crippen LogP contribution in [0, 0.1) is 0 Å². The van der Waals surface area contributed by atoms with Gasteiger partial charge in [-0.25, -0.2) is 4.98 Å². The molecule has 1 saturated carbocycles. The van der Waals surface area contributed by atoms with Crippen LogP contribution in [0.4, 0.5) is 0 Å². The minimum atomic E-state index is -0.124. The summed E-state index contributed by atoms with van der Waals surface area (Å²) in [6, 6.07) is 18.0. The molecule has 1 saturated heterocycles. The summed E-state index contributed by atoms with van der Waals surface area (Å²) in [4.78, 5) is 12.1. The Morgan fingerprint density at radius 2 is 1.92 bits per heavy atom. The molecule has 3 heterocycles. The summed E-state index contributed by atoms with van der Waals surface area (Å²) in [7, 11) is 0. The fourth-order valence-corrected chi connectivity index (χ4v) is 5.51. The van der Waals surface area contributed by atoms with Crippen molar-refractivity contribution in [3.8, 4) is 22.9 Å². The normalized spacial score (nSPS) is 17.3. The molecule has 2 aromatic carbocycles. The van der Waals surface area contributed by atoms with E-state index in [1.165, 1.54) is 6.42 Å². The molecule has 6 rings (SSSR count). The summed E-state index contributed by atoms with van der Waals surface area (Å²) < 4.78 is 14.7. The van der Waals surface area contributed by atoms with Gasteiger partial charge in [0.25, 0.3) is 0 Å². The molecule has 7 nitrogen and oxygen atoms in total. The fourth-order valence-electron chi connectivity index (χ4n) is 5.26. The number of hydrogen-bond acceptors (Lipinski definition) is 6. The number of fused-ring (bicyclic) bond motifs is 1. The third-order valence-electron chi connectivity index (χ3n) is 7.62. The molecule has 198 valence electrons. The molecule has 1 aliphatic heterocycles. The first-order valence-electron chi connectivity index (χ1n) is 13.5. The van der Waals surface area contributed by atoms with Crippen LogP contribution in [-0.4, -0.2) is 64.4 Å². The first kappa shape index (κ1) is 25.2. The quantitative estimate of drug-likeness (QED) is 0.312. The lowest BCUT2D eigenvalue weighted by molar-refractivity contribution is 0.0125. The lowest BCUT2D eigenvalue weighted by Crippen LogP contribution is -2.44. The Hall–Kier alpha value is -3.13. The Morgan fingerprint density at radius 3 is 2.66 bits per heavy atom. The molecular weight excluding hydrogens is 498 g/mol. The number of nitrogens with one attached hydrogen (secondary N) is 1. The Kier molecular flexibility index (Phi) is 7.24. The van der Waals surface area contributed by atoms with E-state index >= 15 is 0 Å². The van der Waals surface area contributed by atoms with Gasteiger partial charge in [0.05, 0.1) is 22.8 Å². The zero-order valence-corrected chi connectivity index (χ0v) is 22.6. The van der Waals surface area contributed by atoms with Crippen LogP contribution in [-0.2, 0) is 6.54 Å². The van der Waals surface area contributed by atoms with Gasteiger partial charge in [-0.15, -0.1) is 0 Å². The second-order valence-electron chi connectivity index (χ2n) is 10.5. The maximum atomic E-state index is 6.87. The summed E-state index contributed by atoms with van der Waals surface area (Å²) in [6.07, 6.45) is 5.14. The van der Waals surface area contributed by atoms with E-state index in [4.69, 9.17) is 26.1 Å². The van der Waals surface area contributed by atoms with Gasteiger partial charge in [-0.05, 0) is 68.7 Å². The zero-order valence-electron chi connectivity index (χ0n) is 21.8. The van der Waals surface area contributed by atoms with E-state index in [0.29, 0.717) is 18.2 Å². The Labute approximate surface area is 228 Å². The monoisotopic (exact) mass is 531 g/mol. The summed E-state index contributed by atoms with van der Waals surface area (Å²) in [5.41, 5.74) is 3.53. The highest BCUT2D eigenvalue weighted by Crippen LogP contribution is 2.40. The van der Waals surface area contributed by atoms with Crippen LogP contribution in [0.5, 0.6) is 11.5 Å². The number of rotatable bonds is 9. The number of hydrogen-bond donors (Lipinski definition) is 1. The second kappa shape index (κ2) is 10.9. The van der Waals surface area contributed by atoms with Crippen molar-refractivity contribution in [3.05, 3.63) is 71.5 Å². The molecule has 0 unspecified atom stereocenters. The highest BCUT2D eigenvalue weighted by atomic mass is 35.5. The number of pyridine rings is 1. The third kappa shape index (κ3) is 5.37. The first-order valence-corrected chi connectivity index (χ1v) is 13.9. The Bertz CT molecular complexity index is 1400. The van der Waals surface area contributed by atoms with E-state index in [1.807, 2.05) is 54.7 Å². The topological polar surface area (TPSA) is 64.4 Å². The van der Waals surface area contributed by atoms with Crippen molar-refractivity contribution in [3.63, 3.8) is 0 Å². The molecule has 4 aromatic rings. The van der Waals surface area contributed by atoms with Gasteiger partial charge in [0, 0.05) is 44.5 Å². The molecule has 0 radical (unpaired) electrons. The lowest BCUT2D eigenvalue weighted by Gasteiger charge is -2.38. The van der Waals surface area contributed by atoms with Crippen LogP contribution >= 0.6 is 11.6 Å². The lowest BCUT2D eigenvalue weighted by atomic mass is 9.82. The third-order valence-corrected chi connectivity index (χ3v) is 7.94. The highest BCUT2D eigenvalue weighted by molar-refractivity contribution is 6.33. The van der Waals surface area contributed by atoms with Crippen molar-refractivity contribution in [1.29, 1.82) is 0 Å². The van der Waals surface area contributed by atoms with Crippen LogP contribution in [0.25, 0.3) is 22.4 Å². The molecule has 2 aliphatic rings. The van der Waals surface area contributed by atoms with Crippen LogP contribution in [0.1, 0.15) is 31.9 Å². The van der Waals surface area contributed by atoms with Crippen molar-refractivity contribution in [2.45, 2.75) is 38.3 Å². The maximum Gasteiger partial charge on any atom is 0.147 e. The molecule has 2 aromatic heterocycles. The first-order chi connectivity index (χ1) is 18.6. The molecule has 2 fully saturated rings. The van der Waals surface area contributed by atoms with Crippen LogP contribution < -0.4 is 14.8 Å². The molecule has 1 N–H and O–H groups in total. The van der Waals surface area contributed by atoms with Crippen molar-refractivity contribution < 1.29 is 9.47 Å². The largest absolute Gasteiger partial charge is 0.492 e. The van der Waals surface area contributed by atoms with E-state index in [-0.39, 0.29) is 5.60 Å². The van der Waals surface area contributed by atoms with Crippen molar-refractivity contribution >= 4 is 22.6 Å². The van der Waals surface area contributed by atoms with E-state index in [2.05, 4.69) is 32.8 Å². The van der Waals surface area contributed by atoms with E-state index < -0.39 is 0 Å². The zero-order chi connectivity index (χ0) is 26.0. The molecular formula is C30H34ClN5O2. The summed E-state index contributed by atoms with van der Waals surface area (Å²) in [5, 5.41) is 3.99. The number of aromatic nitrogens is 3. The van der Waals surface area contributed by atoms with Crippen LogP contribution in [0.2, 0.25) is 5.02 Å². The van der Waals surface area contributed by atoms with Crippen LogP contribution in [0.3, 0.4) is 0 Å². The highest BCUT2D eigenvalue weighted by Gasteiger charge is 2.35. The number of imidazole rings is 1.